The molecule has 0 atom stereocenters. The van der Waals surface area contributed by atoms with E-state index in [9.17, 15) is 4.79 Å². The van der Waals surface area contributed by atoms with Gasteiger partial charge >= 0.3 is 0 Å². The number of carbonyl (C=O) groups excluding carboxylic acids is 1. The molecule has 1 heterocycles. The maximum Gasteiger partial charge on any atom is 0.230 e. The van der Waals surface area contributed by atoms with Gasteiger partial charge in [-0.15, -0.1) is 23.1 Å². The Labute approximate surface area is 168 Å². The van der Waals surface area contributed by atoms with Crippen molar-refractivity contribution in [2.45, 2.75) is 19.2 Å². The summed E-state index contributed by atoms with van der Waals surface area (Å²) >= 11 is 3.31. The summed E-state index contributed by atoms with van der Waals surface area (Å²) in [5.41, 5.74) is 3.15. The van der Waals surface area contributed by atoms with Gasteiger partial charge < -0.3 is 10.1 Å². The highest BCUT2D eigenvalue weighted by molar-refractivity contribution is 7.99. The van der Waals surface area contributed by atoms with Crippen LogP contribution in [0.15, 0.2) is 54.6 Å². The van der Waals surface area contributed by atoms with Crippen molar-refractivity contribution in [3.05, 3.63) is 70.7 Å². The van der Waals surface area contributed by atoms with Crippen molar-refractivity contribution in [3.8, 4) is 16.3 Å². The number of hydrogen-bond acceptors (Lipinski definition) is 5. The van der Waals surface area contributed by atoms with Crippen LogP contribution < -0.4 is 10.1 Å². The number of aryl methyl sites for hydroxylation is 1. The topological polar surface area (TPSA) is 51.2 Å². The van der Waals surface area contributed by atoms with E-state index in [4.69, 9.17) is 4.74 Å². The number of nitrogens with zero attached hydrogens (tertiary/aromatic N) is 1. The summed E-state index contributed by atoms with van der Waals surface area (Å²) in [5.74, 6) is 2.03. The summed E-state index contributed by atoms with van der Waals surface area (Å²) in [5, 5.41) is 3.99. The van der Waals surface area contributed by atoms with Gasteiger partial charge in [0.2, 0.25) is 5.91 Å². The van der Waals surface area contributed by atoms with Gasteiger partial charge in [0.15, 0.2) is 0 Å². The first kappa shape index (κ1) is 19.5. The van der Waals surface area contributed by atoms with E-state index in [2.05, 4.69) is 22.4 Å². The number of ether oxygens (including phenoxy) is 1. The van der Waals surface area contributed by atoms with E-state index < -0.39 is 0 Å². The summed E-state index contributed by atoms with van der Waals surface area (Å²) in [6.07, 6.45) is 0. The van der Waals surface area contributed by atoms with Crippen LogP contribution in [-0.4, -0.2) is 23.8 Å². The third-order valence-electron chi connectivity index (χ3n) is 4.05. The van der Waals surface area contributed by atoms with Gasteiger partial charge in [0.05, 0.1) is 18.6 Å². The van der Waals surface area contributed by atoms with E-state index in [1.54, 1.807) is 30.2 Å². The van der Waals surface area contributed by atoms with Crippen molar-refractivity contribution in [2.75, 3.05) is 12.9 Å². The minimum absolute atomic E-state index is 0.0244. The van der Waals surface area contributed by atoms with Crippen LogP contribution in [0.3, 0.4) is 0 Å². The van der Waals surface area contributed by atoms with Crippen LogP contribution in [0.4, 0.5) is 0 Å². The monoisotopic (exact) mass is 398 g/mol. The fourth-order valence-corrected chi connectivity index (χ4v) is 4.73. The molecule has 0 fully saturated rings. The molecule has 0 saturated carbocycles. The maximum absolute atomic E-state index is 12.1. The van der Waals surface area contributed by atoms with Gasteiger partial charge in [-0.3, -0.25) is 4.79 Å². The average Bonchev–Trinajstić information content (AvgIpc) is 3.08. The number of amides is 1. The lowest BCUT2D eigenvalue weighted by atomic mass is 10.2. The first-order chi connectivity index (χ1) is 13.2. The molecular formula is C21H22N2O2S2. The van der Waals surface area contributed by atoms with Crippen LogP contribution in [0, 0.1) is 6.92 Å². The Hall–Kier alpha value is -2.31. The molecular weight excluding hydrogens is 376 g/mol. The number of nitrogens with one attached hydrogen (secondary N) is 1. The van der Waals surface area contributed by atoms with Crippen molar-refractivity contribution in [3.63, 3.8) is 0 Å². The highest BCUT2D eigenvalue weighted by Crippen LogP contribution is 2.30. The zero-order chi connectivity index (χ0) is 19.1. The van der Waals surface area contributed by atoms with Crippen LogP contribution in [0.2, 0.25) is 0 Å². The van der Waals surface area contributed by atoms with E-state index in [0.29, 0.717) is 12.3 Å². The van der Waals surface area contributed by atoms with Crippen molar-refractivity contribution in [2.24, 2.45) is 0 Å². The third-order valence-corrected chi connectivity index (χ3v) is 6.40. The predicted octanol–water partition coefficient (Wildman–Crippen LogP) is 4.68. The second-order valence-electron chi connectivity index (χ2n) is 5.98. The molecule has 27 heavy (non-hydrogen) atoms. The number of carbonyl (C=O) groups is 1. The number of para-hydroxylation sites is 1. The second kappa shape index (κ2) is 9.58. The summed E-state index contributed by atoms with van der Waals surface area (Å²) < 4.78 is 5.31. The second-order valence-corrected chi connectivity index (χ2v) is 8.04. The van der Waals surface area contributed by atoms with Gasteiger partial charge in [0.25, 0.3) is 0 Å². The van der Waals surface area contributed by atoms with E-state index in [0.717, 1.165) is 33.3 Å². The van der Waals surface area contributed by atoms with E-state index in [-0.39, 0.29) is 5.91 Å². The molecule has 0 saturated heterocycles. The number of aromatic nitrogens is 1. The quantitative estimate of drug-likeness (QED) is 0.599. The van der Waals surface area contributed by atoms with Crippen LogP contribution in [0.25, 0.3) is 10.6 Å². The van der Waals surface area contributed by atoms with Gasteiger partial charge in [0.1, 0.15) is 10.8 Å². The van der Waals surface area contributed by atoms with E-state index in [1.807, 2.05) is 49.4 Å². The Balaban J connectivity index is 1.48. The lowest BCUT2D eigenvalue weighted by molar-refractivity contribution is -0.118. The number of benzene rings is 2. The third kappa shape index (κ3) is 5.34. The molecule has 0 radical (unpaired) electrons. The first-order valence-electron chi connectivity index (χ1n) is 8.65. The van der Waals surface area contributed by atoms with Crippen LogP contribution >= 0.6 is 23.1 Å². The number of rotatable bonds is 8. The standard InChI is InChI=1S/C21H22N2O2S2/c1-15-19(27-21(23-15)16-8-4-3-5-9-16)13-26-14-20(24)22-12-17-10-6-7-11-18(17)25-2/h3-11H,12-14H2,1-2H3,(H,22,24). The molecule has 6 heteroatoms. The molecule has 0 aliphatic heterocycles. The molecule has 0 unspecified atom stereocenters. The lowest BCUT2D eigenvalue weighted by Crippen LogP contribution is -2.24. The number of thiazole rings is 1. The predicted molar refractivity (Wildman–Crippen MR) is 113 cm³/mol. The number of thioether (sulfide) groups is 1. The summed E-state index contributed by atoms with van der Waals surface area (Å²) in [6.45, 7) is 2.50. The zero-order valence-corrected chi connectivity index (χ0v) is 17.0. The molecule has 0 bridgehead atoms. The minimum atomic E-state index is 0.0244. The van der Waals surface area contributed by atoms with Gasteiger partial charge in [-0.1, -0.05) is 48.5 Å². The van der Waals surface area contributed by atoms with Crippen molar-refractivity contribution >= 4 is 29.0 Å². The Morgan fingerprint density at radius 1 is 1.15 bits per heavy atom. The Kier molecular flexibility index (Phi) is 6.90. The SMILES string of the molecule is COc1ccccc1CNC(=O)CSCc1sc(-c2ccccc2)nc1C. The molecule has 4 nitrogen and oxygen atoms in total. The lowest BCUT2D eigenvalue weighted by Gasteiger charge is -2.09. The molecule has 0 aliphatic carbocycles. The fourth-order valence-electron chi connectivity index (χ4n) is 2.60. The zero-order valence-electron chi connectivity index (χ0n) is 15.4. The molecule has 0 aliphatic rings. The van der Waals surface area contributed by atoms with Crippen LogP contribution in [0.1, 0.15) is 16.1 Å². The van der Waals surface area contributed by atoms with Gasteiger partial charge in [-0.05, 0) is 13.0 Å². The molecule has 3 rings (SSSR count). The molecule has 0 spiro atoms. The van der Waals surface area contributed by atoms with Gasteiger partial charge in [-0.25, -0.2) is 4.98 Å². The largest absolute Gasteiger partial charge is 0.496 e. The molecule has 2 aromatic carbocycles. The van der Waals surface area contributed by atoms with Crippen LogP contribution in [-0.2, 0) is 17.1 Å². The molecule has 140 valence electrons. The summed E-state index contributed by atoms with van der Waals surface area (Å²) in [6, 6.07) is 17.9. The molecule has 1 amide bonds. The number of hydrogen-bond donors (Lipinski definition) is 1. The smallest absolute Gasteiger partial charge is 0.230 e. The Morgan fingerprint density at radius 2 is 1.89 bits per heavy atom. The van der Waals surface area contributed by atoms with E-state index >= 15 is 0 Å². The van der Waals surface area contributed by atoms with E-state index in [1.165, 1.54) is 4.88 Å². The Morgan fingerprint density at radius 3 is 2.67 bits per heavy atom. The maximum atomic E-state index is 12.1. The average molecular weight is 399 g/mol. The Bertz CT molecular complexity index is 894. The minimum Gasteiger partial charge on any atom is -0.496 e. The van der Waals surface area contributed by atoms with Crippen molar-refractivity contribution in [1.29, 1.82) is 0 Å². The normalized spacial score (nSPS) is 10.6. The van der Waals surface area contributed by atoms with Crippen LogP contribution in [0.5, 0.6) is 5.75 Å². The molecule has 1 aromatic heterocycles. The fraction of sp³-hybridized carbons (Fsp3) is 0.238. The van der Waals surface area contributed by atoms with Gasteiger partial charge in [0, 0.05) is 28.3 Å². The molecule has 3 aromatic rings. The van der Waals surface area contributed by atoms with Gasteiger partial charge in [-0.2, -0.15) is 0 Å². The van der Waals surface area contributed by atoms with Crippen molar-refractivity contribution < 1.29 is 9.53 Å². The highest BCUT2D eigenvalue weighted by Gasteiger charge is 2.11. The number of methoxy groups -OCH3 is 1. The van der Waals surface area contributed by atoms with Crippen molar-refractivity contribution in [1.82, 2.24) is 10.3 Å². The highest BCUT2D eigenvalue weighted by atomic mass is 32.2. The first-order valence-corrected chi connectivity index (χ1v) is 10.6. The molecule has 1 N–H and O–H groups in total. The summed E-state index contributed by atoms with van der Waals surface area (Å²) in [4.78, 5) is 18.0. The summed E-state index contributed by atoms with van der Waals surface area (Å²) in [7, 11) is 1.64.